The maximum atomic E-state index is 5.34. The minimum atomic E-state index is 0.496. The molecule has 112 valence electrons. The van der Waals surface area contributed by atoms with Gasteiger partial charge < -0.3 is 9.30 Å². The molecule has 0 unspecified atom stereocenters. The second kappa shape index (κ2) is 5.28. The summed E-state index contributed by atoms with van der Waals surface area (Å²) in [6.07, 6.45) is 6.01. The molecule has 1 saturated carbocycles. The van der Waals surface area contributed by atoms with Crippen molar-refractivity contribution in [1.82, 2.24) is 19.5 Å². The minimum absolute atomic E-state index is 0.496. The Bertz CT molecular complexity index is 841. The predicted molar refractivity (Wildman–Crippen MR) is 87.4 cm³/mol. The second-order valence-corrected chi connectivity index (χ2v) is 6.12. The third-order valence-corrected chi connectivity index (χ3v) is 4.56. The average Bonchev–Trinajstić information content (AvgIpc) is 3.33. The third-order valence-electron chi connectivity index (χ3n) is 3.88. The van der Waals surface area contributed by atoms with E-state index in [-0.39, 0.29) is 0 Å². The lowest BCUT2D eigenvalue weighted by molar-refractivity contribution is 0.415. The average molecular weight is 312 g/mol. The maximum Gasteiger partial charge on any atom is 0.165 e. The molecule has 0 spiro atoms. The molecule has 2 aromatic heterocycles. The van der Waals surface area contributed by atoms with Crippen molar-refractivity contribution < 1.29 is 4.74 Å². The SMILES string of the molecule is COc1cccc(-c2nc3c(SC)ncnc3n2C2CC2)c1. The summed E-state index contributed by atoms with van der Waals surface area (Å²) in [6.45, 7) is 0. The quantitative estimate of drug-likeness (QED) is 0.544. The summed E-state index contributed by atoms with van der Waals surface area (Å²) in [5.41, 5.74) is 2.87. The molecule has 0 amide bonds. The van der Waals surface area contributed by atoms with Gasteiger partial charge >= 0.3 is 0 Å². The minimum Gasteiger partial charge on any atom is -0.497 e. The van der Waals surface area contributed by atoms with Crippen LogP contribution in [0.5, 0.6) is 5.75 Å². The Kier molecular flexibility index (Phi) is 3.26. The van der Waals surface area contributed by atoms with Crippen LogP contribution in [0.1, 0.15) is 18.9 Å². The highest BCUT2D eigenvalue weighted by Gasteiger charge is 2.30. The molecular weight excluding hydrogens is 296 g/mol. The first kappa shape index (κ1) is 13.6. The lowest BCUT2D eigenvalue weighted by Crippen LogP contribution is -1.99. The second-order valence-electron chi connectivity index (χ2n) is 5.32. The lowest BCUT2D eigenvalue weighted by atomic mass is 10.2. The highest BCUT2D eigenvalue weighted by atomic mass is 32.2. The van der Waals surface area contributed by atoms with Gasteiger partial charge in [-0.2, -0.15) is 0 Å². The van der Waals surface area contributed by atoms with Gasteiger partial charge in [-0.15, -0.1) is 11.8 Å². The summed E-state index contributed by atoms with van der Waals surface area (Å²) in [4.78, 5) is 13.7. The Hall–Kier alpha value is -2.08. The van der Waals surface area contributed by atoms with Gasteiger partial charge in [0.05, 0.1) is 7.11 Å². The van der Waals surface area contributed by atoms with Crippen molar-refractivity contribution in [2.75, 3.05) is 13.4 Å². The van der Waals surface area contributed by atoms with Crippen LogP contribution >= 0.6 is 11.8 Å². The van der Waals surface area contributed by atoms with Gasteiger partial charge in [-0.1, -0.05) is 12.1 Å². The summed E-state index contributed by atoms with van der Waals surface area (Å²) < 4.78 is 7.60. The standard InChI is InChI=1S/C16H16N4OS/c1-21-12-5-3-4-10(8-12)14-19-13-15(20(14)11-6-7-11)17-9-18-16(13)22-2/h3-5,8-9,11H,6-7H2,1-2H3. The largest absolute Gasteiger partial charge is 0.497 e. The van der Waals surface area contributed by atoms with Crippen LogP contribution < -0.4 is 4.74 Å². The summed E-state index contributed by atoms with van der Waals surface area (Å²) in [6, 6.07) is 8.52. The fourth-order valence-corrected chi connectivity index (χ4v) is 3.16. The predicted octanol–water partition coefficient (Wildman–Crippen LogP) is 3.56. The van der Waals surface area contributed by atoms with Crippen LogP contribution in [-0.2, 0) is 0 Å². The molecule has 4 rings (SSSR count). The number of aromatic nitrogens is 4. The van der Waals surface area contributed by atoms with Gasteiger partial charge in [-0.25, -0.2) is 15.0 Å². The number of hydrogen-bond acceptors (Lipinski definition) is 5. The van der Waals surface area contributed by atoms with E-state index in [1.807, 2.05) is 24.5 Å². The van der Waals surface area contributed by atoms with Gasteiger partial charge in [-0.3, -0.25) is 0 Å². The number of thioether (sulfide) groups is 1. The molecule has 1 fully saturated rings. The van der Waals surface area contributed by atoms with E-state index in [1.54, 1.807) is 25.2 Å². The van der Waals surface area contributed by atoms with E-state index in [9.17, 15) is 0 Å². The highest BCUT2D eigenvalue weighted by Crippen LogP contribution is 2.41. The van der Waals surface area contributed by atoms with E-state index < -0.39 is 0 Å². The molecule has 0 bridgehead atoms. The molecule has 5 nitrogen and oxygen atoms in total. The number of hydrogen-bond donors (Lipinski definition) is 0. The molecule has 6 heteroatoms. The summed E-state index contributed by atoms with van der Waals surface area (Å²) in [7, 11) is 1.68. The zero-order valence-corrected chi connectivity index (χ0v) is 13.3. The molecule has 0 radical (unpaired) electrons. The molecule has 0 atom stereocenters. The molecule has 0 saturated heterocycles. The fourth-order valence-electron chi connectivity index (χ4n) is 2.68. The monoisotopic (exact) mass is 312 g/mol. The molecule has 0 N–H and O–H groups in total. The first-order chi connectivity index (χ1) is 10.8. The van der Waals surface area contributed by atoms with Crippen molar-refractivity contribution in [3.63, 3.8) is 0 Å². The van der Waals surface area contributed by atoms with E-state index in [0.717, 1.165) is 33.3 Å². The third kappa shape index (κ3) is 2.14. The normalized spacial score (nSPS) is 14.5. The van der Waals surface area contributed by atoms with Crippen LogP contribution in [0.4, 0.5) is 0 Å². The fraction of sp³-hybridized carbons (Fsp3) is 0.312. The number of methoxy groups -OCH3 is 1. The van der Waals surface area contributed by atoms with E-state index >= 15 is 0 Å². The van der Waals surface area contributed by atoms with Gasteiger partial charge in [0.2, 0.25) is 0 Å². The number of fused-ring (bicyclic) bond motifs is 1. The lowest BCUT2D eigenvalue weighted by Gasteiger charge is -2.08. The van der Waals surface area contributed by atoms with Crippen molar-refractivity contribution in [3.8, 4) is 17.1 Å². The molecular formula is C16H16N4OS. The molecule has 1 aromatic carbocycles. The van der Waals surface area contributed by atoms with Crippen molar-refractivity contribution in [3.05, 3.63) is 30.6 Å². The number of benzene rings is 1. The van der Waals surface area contributed by atoms with E-state index in [1.165, 1.54) is 12.8 Å². The van der Waals surface area contributed by atoms with Gasteiger partial charge in [0.25, 0.3) is 0 Å². The van der Waals surface area contributed by atoms with E-state index in [4.69, 9.17) is 9.72 Å². The summed E-state index contributed by atoms with van der Waals surface area (Å²) in [5, 5.41) is 0.925. The Morgan fingerprint density at radius 3 is 2.86 bits per heavy atom. The van der Waals surface area contributed by atoms with Crippen LogP contribution in [0.3, 0.4) is 0 Å². The Morgan fingerprint density at radius 2 is 2.14 bits per heavy atom. The number of imidazole rings is 1. The number of rotatable bonds is 4. The van der Waals surface area contributed by atoms with Crippen molar-refractivity contribution in [2.24, 2.45) is 0 Å². The topological polar surface area (TPSA) is 52.8 Å². The van der Waals surface area contributed by atoms with Crippen LogP contribution in [0, 0.1) is 0 Å². The molecule has 1 aliphatic rings. The molecule has 3 aromatic rings. The van der Waals surface area contributed by atoms with E-state index in [2.05, 4.69) is 20.6 Å². The van der Waals surface area contributed by atoms with Crippen LogP contribution in [0.15, 0.2) is 35.6 Å². The van der Waals surface area contributed by atoms with Crippen molar-refractivity contribution in [2.45, 2.75) is 23.9 Å². The molecule has 1 aliphatic carbocycles. The number of ether oxygens (including phenoxy) is 1. The maximum absolute atomic E-state index is 5.34. The number of nitrogens with zero attached hydrogens (tertiary/aromatic N) is 4. The van der Waals surface area contributed by atoms with Crippen molar-refractivity contribution in [1.29, 1.82) is 0 Å². The van der Waals surface area contributed by atoms with Crippen molar-refractivity contribution >= 4 is 22.9 Å². The Balaban J connectivity index is 1.98. The van der Waals surface area contributed by atoms with Gasteiger partial charge in [0.1, 0.15) is 28.4 Å². The molecule has 2 heterocycles. The van der Waals surface area contributed by atoms with E-state index in [0.29, 0.717) is 6.04 Å². The van der Waals surface area contributed by atoms with Crippen LogP contribution in [-0.4, -0.2) is 32.9 Å². The summed E-state index contributed by atoms with van der Waals surface area (Å²) >= 11 is 1.60. The Morgan fingerprint density at radius 1 is 1.27 bits per heavy atom. The summed E-state index contributed by atoms with van der Waals surface area (Å²) in [5.74, 6) is 1.79. The Labute approximate surface area is 132 Å². The van der Waals surface area contributed by atoms with Gasteiger partial charge in [0, 0.05) is 11.6 Å². The molecule has 22 heavy (non-hydrogen) atoms. The first-order valence-corrected chi connectivity index (χ1v) is 8.45. The first-order valence-electron chi connectivity index (χ1n) is 7.23. The smallest absolute Gasteiger partial charge is 0.165 e. The highest BCUT2D eigenvalue weighted by molar-refractivity contribution is 7.98. The van der Waals surface area contributed by atoms with Crippen LogP contribution in [0.25, 0.3) is 22.6 Å². The molecule has 0 aliphatic heterocycles. The van der Waals surface area contributed by atoms with Crippen LogP contribution in [0.2, 0.25) is 0 Å². The zero-order valence-electron chi connectivity index (χ0n) is 12.5. The van der Waals surface area contributed by atoms with Gasteiger partial charge in [-0.05, 0) is 31.2 Å². The van der Waals surface area contributed by atoms with Gasteiger partial charge in [0.15, 0.2) is 5.65 Å². The zero-order chi connectivity index (χ0) is 15.1.